The maximum Gasteiger partial charge on any atom is 0.338 e. The number of carboxylic acids is 1. The van der Waals surface area contributed by atoms with E-state index < -0.39 is 5.97 Å². The van der Waals surface area contributed by atoms with Gasteiger partial charge in [-0.15, -0.1) is 23.5 Å². The molecule has 2 aromatic rings. The molecule has 2 aliphatic carbocycles. The molecule has 2 fully saturated rings. The smallest absolute Gasteiger partial charge is 0.338 e. The van der Waals surface area contributed by atoms with Crippen LogP contribution in [0.4, 0.5) is 0 Å². The van der Waals surface area contributed by atoms with Gasteiger partial charge >= 0.3 is 5.97 Å². The lowest BCUT2D eigenvalue weighted by Gasteiger charge is -2.21. The van der Waals surface area contributed by atoms with E-state index in [-0.39, 0.29) is 6.61 Å². The molecule has 0 radical (unpaired) electrons. The minimum absolute atomic E-state index is 0.100. The highest BCUT2D eigenvalue weighted by atomic mass is 32.2. The number of rotatable bonds is 6. The number of pyridine rings is 2. The number of carboxylic acid groups (broad SMARTS) is 1. The Hall–Kier alpha value is -1.57. The second-order valence-electron chi connectivity index (χ2n) is 8.04. The van der Waals surface area contributed by atoms with Gasteiger partial charge in [-0.1, -0.05) is 44.6 Å². The third kappa shape index (κ3) is 7.81. The zero-order valence-electron chi connectivity index (χ0n) is 17.9. The fourth-order valence-electron chi connectivity index (χ4n) is 3.98. The highest BCUT2D eigenvalue weighted by Gasteiger charge is 2.19. The minimum atomic E-state index is -0.883. The number of hydrogen-bond acceptors (Lipinski definition) is 6. The minimum Gasteiger partial charge on any atom is -0.478 e. The van der Waals surface area contributed by atoms with Crippen LogP contribution in [0, 0.1) is 0 Å². The van der Waals surface area contributed by atoms with Gasteiger partial charge in [-0.25, -0.2) is 14.8 Å². The van der Waals surface area contributed by atoms with Gasteiger partial charge in [0.05, 0.1) is 12.2 Å². The van der Waals surface area contributed by atoms with E-state index in [9.17, 15) is 9.90 Å². The molecule has 168 valence electrons. The van der Waals surface area contributed by atoms with Gasteiger partial charge in [0.15, 0.2) is 0 Å². The van der Waals surface area contributed by atoms with Gasteiger partial charge in [0.25, 0.3) is 0 Å². The molecule has 2 heterocycles. The van der Waals surface area contributed by atoms with Crippen molar-refractivity contribution in [2.24, 2.45) is 0 Å². The summed E-state index contributed by atoms with van der Waals surface area (Å²) in [6, 6.07) is 7.14. The number of carbonyl (C=O) groups is 1. The van der Waals surface area contributed by atoms with Crippen molar-refractivity contribution in [3.8, 4) is 0 Å². The molecule has 0 aliphatic heterocycles. The number of aliphatic hydroxyl groups excluding tert-OH is 1. The molecule has 0 atom stereocenters. The van der Waals surface area contributed by atoms with Gasteiger partial charge in [0.1, 0.15) is 10.1 Å². The van der Waals surface area contributed by atoms with Crippen molar-refractivity contribution in [2.75, 3.05) is 0 Å². The quantitative estimate of drug-likeness (QED) is 0.531. The summed E-state index contributed by atoms with van der Waals surface area (Å²) < 4.78 is 0. The largest absolute Gasteiger partial charge is 0.478 e. The Balaban J connectivity index is 0.000000176. The fourth-order valence-corrected chi connectivity index (χ4v) is 6.56. The Morgan fingerprint density at radius 3 is 1.90 bits per heavy atom. The van der Waals surface area contributed by atoms with E-state index in [0.29, 0.717) is 21.1 Å². The summed E-state index contributed by atoms with van der Waals surface area (Å²) in [6.45, 7) is 0.100. The van der Waals surface area contributed by atoms with Gasteiger partial charge in [-0.3, -0.25) is 0 Å². The average Bonchev–Trinajstić information content (AvgIpc) is 2.81. The lowest BCUT2D eigenvalue weighted by Crippen LogP contribution is -2.10. The molecule has 0 aromatic carbocycles. The van der Waals surface area contributed by atoms with Crippen LogP contribution in [0.25, 0.3) is 0 Å². The summed E-state index contributed by atoms with van der Waals surface area (Å²) in [4.78, 5) is 19.5. The summed E-state index contributed by atoms with van der Waals surface area (Å²) >= 11 is 3.47. The van der Waals surface area contributed by atoms with Gasteiger partial charge < -0.3 is 10.2 Å². The number of nitrogens with zero attached hydrogens (tertiary/aromatic N) is 2. The van der Waals surface area contributed by atoms with Crippen LogP contribution < -0.4 is 0 Å². The standard InChI is InChI=1S/C12H15NO2S.C12H17NOS/c14-12(15)10-7-4-8-13-11(10)16-9-5-2-1-3-6-9;14-9-10-5-4-8-13-12(10)15-11-6-2-1-3-7-11/h4,7-9H,1-3,5-6H2,(H,14,15);4-5,8,11,14H,1-3,6-7,9H2. The first-order chi connectivity index (χ1) is 15.2. The Morgan fingerprint density at radius 1 is 0.839 bits per heavy atom. The van der Waals surface area contributed by atoms with Crippen LogP contribution in [0.1, 0.15) is 80.1 Å². The first-order valence-corrected chi connectivity index (χ1v) is 13.0. The zero-order chi connectivity index (χ0) is 21.9. The number of aliphatic hydroxyl groups is 1. The highest BCUT2D eigenvalue weighted by molar-refractivity contribution is 8.00. The Bertz CT molecular complexity index is 822. The van der Waals surface area contributed by atoms with Crippen molar-refractivity contribution >= 4 is 29.5 Å². The lowest BCUT2D eigenvalue weighted by atomic mass is 10.0. The predicted molar refractivity (Wildman–Crippen MR) is 127 cm³/mol. The van der Waals surface area contributed by atoms with Gasteiger partial charge in [0, 0.05) is 28.5 Å². The zero-order valence-corrected chi connectivity index (χ0v) is 19.5. The molecule has 4 rings (SSSR count). The molecule has 2 aromatic heterocycles. The van der Waals surface area contributed by atoms with Gasteiger partial charge in [0.2, 0.25) is 0 Å². The topological polar surface area (TPSA) is 83.3 Å². The maximum atomic E-state index is 11.0. The normalized spacial score (nSPS) is 17.6. The Morgan fingerprint density at radius 2 is 1.35 bits per heavy atom. The molecule has 0 amide bonds. The van der Waals surface area contributed by atoms with Crippen molar-refractivity contribution in [1.29, 1.82) is 0 Å². The molecule has 5 nitrogen and oxygen atoms in total. The summed E-state index contributed by atoms with van der Waals surface area (Å²) in [5, 5.41) is 21.2. The molecule has 2 aliphatic rings. The molecule has 2 N–H and O–H groups in total. The van der Waals surface area contributed by atoms with Gasteiger partial charge in [-0.05, 0) is 43.9 Å². The summed E-state index contributed by atoms with van der Waals surface area (Å²) in [5.74, 6) is -0.883. The number of thioether (sulfide) groups is 2. The molecule has 0 saturated heterocycles. The third-order valence-corrected chi connectivity index (χ3v) is 8.43. The molecule has 31 heavy (non-hydrogen) atoms. The van der Waals surface area contributed by atoms with E-state index >= 15 is 0 Å². The van der Waals surface area contributed by atoms with Crippen molar-refractivity contribution in [2.45, 2.75) is 91.4 Å². The van der Waals surface area contributed by atoms with E-state index in [4.69, 9.17) is 5.11 Å². The second kappa shape index (κ2) is 13.1. The molecular formula is C24H32N2O3S2. The third-order valence-electron chi connectivity index (χ3n) is 5.68. The second-order valence-corrected chi connectivity index (χ2v) is 10.6. The first kappa shape index (κ1) is 24.1. The molecule has 0 spiro atoms. The highest BCUT2D eigenvalue weighted by Crippen LogP contribution is 2.35. The van der Waals surface area contributed by atoms with E-state index in [1.54, 1.807) is 30.1 Å². The molecule has 0 unspecified atom stereocenters. The van der Waals surface area contributed by atoms with Crippen LogP contribution in [0.2, 0.25) is 0 Å². The average molecular weight is 461 g/mol. The number of aromatic carboxylic acids is 1. The monoisotopic (exact) mass is 460 g/mol. The summed E-state index contributed by atoms with van der Waals surface area (Å²) in [6.07, 6.45) is 16.3. The SMILES string of the molecule is O=C(O)c1cccnc1SC1CCCCC1.OCc1cccnc1SC1CCCCC1. The predicted octanol–water partition coefficient (Wildman–Crippen LogP) is 6.20. The number of hydrogen-bond donors (Lipinski definition) is 2. The van der Waals surface area contributed by atoms with Crippen molar-refractivity contribution in [3.63, 3.8) is 0 Å². The maximum absolute atomic E-state index is 11.0. The van der Waals surface area contributed by atoms with Crippen molar-refractivity contribution in [3.05, 3.63) is 47.8 Å². The van der Waals surface area contributed by atoms with Crippen LogP contribution in [0.15, 0.2) is 46.7 Å². The van der Waals surface area contributed by atoms with Crippen LogP contribution in [-0.4, -0.2) is 36.7 Å². The van der Waals surface area contributed by atoms with E-state index in [2.05, 4.69) is 9.97 Å². The summed E-state index contributed by atoms with van der Waals surface area (Å²) in [5.41, 5.74) is 1.30. The molecule has 2 saturated carbocycles. The van der Waals surface area contributed by atoms with E-state index in [1.807, 2.05) is 30.1 Å². The van der Waals surface area contributed by atoms with Gasteiger partial charge in [-0.2, -0.15) is 0 Å². The van der Waals surface area contributed by atoms with Crippen LogP contribution in [-0.2, 0) is 6.61 Å². The van der Waals surface area contributed by atoms with Crippen molar-refractivity contribution < 1.29 is 15.0 Å². The summed E-state index contributed by atoms with van der Waals surface area (Å²) in [7, 11) is 0. The molecule has 0 bridgehead atoms. The van der Waals surface area contributed by atoms with Crippen LogP contribution >= 0.6 is 23.5 Å². The van der Waals surface area contributed by atoms with E-state index in [0.717, 1.165) is 10.6 Å². The Labute approximate surface area is 193 Å². The van der Waals surface area contributed by atoms with Crippen LogP contribution in [0.3, 0.4) is 0 Å². The molecule has 7 heteroatoms. The van der Waals surface area contributed by atoms with Crippen LogP contribution in [0.5, 0.6) is 0 Å². The first-order valence-electron chi connectivity index (χ1n) is 11.2. The van der Waals surface area contributed by atoms with Crippen molar-refractivity contribution in [1.82, 2.24) is 9.97 Å². The van der Waals surface area contributed by atoms with E-state index in [1.165, 1.54) is 64.2 Å². The lowest BCUT2D eigenvalue weighted by molar-refractivity contribution is 0.0692. The fraction of sp³-hybridized carbons (Fsp3) is 0.542. The Kier molecular flexibility index (Phi) is 10.2. The number of aromatic nitrogens is 2. The molecular weight excluding hydrogens is 428 g/mol.